The minimum Gasteiger partial charge on any atom is -0.383 e. The summed E-state index contributed by atoms with van der Waals surface area (Å²) >= 11 is 9.72. The Morgan fingerprint density at radius 3 is 2.58 bits per heavy atom. The highest BCUT2D eigenvalue weighted by atomic mass is 127. The molecule has 0 radical (unpaired) electrons. The third-order valence-electron chi connectivity index (χ3n) is 2.51. The molecular formula is C13H13ClIN3S. The van der Waals surface area contributed by atoms with Gasteiger partial charge in [0.1, 0.15) is 11.6 Å². The van der Waals surface area contributed by atoms with Crippen molar-refractivity contribution in [3.05, 3.63) is 44.4 Å². The summed E-state index contributed by atoms with van der Waals surface area (Å²) in [5.74, 6) is 2.05. The first kappa shape index (κ1) is 14.9. The number of thioether (sulfide) groups is 1. The average Bonchev–Trinajstić information content (AvgIpc) is 2.41. The van der Waals surface area contributed by atoms with Gasteiger partial charge in [0.25, 0.3) is 0 Å². The molecule has 0 amide bonds. The molecule has 0 unspecified atom stereocenters. The summed E-state index contributed by atoms with van der Waals surface area (Å²) in [7, 11) is 0. The monoisotopic (exact) mass is 405 g/mol. The summed E-state index contributed by atoms with van der Waals surface area (Å²) in [5.41, 5.74) is 6.91. The second kappa shape index (κ2) is 6.76. The highest BCUT2D eigenvalue weighted by molar-refractivity contribution is 14.1. The predicted octanol–water partition coefficient (Wildman–Crippen LogP) is 4.17. The number of halogens is 2. The molecule has 0 aliphatic rings. The number of aryl methyl sites for hydroxylation is 1. The fourth-order valence-electron chi connectivity index (χ4n) is 1.54. The number of aromatic nitrogens is 2. The lowest BCUT2D eigenvalue weighted by Crippen LogP contribution is -2.06. The molecule has 1 aromatic heterocycles. The summed E-state index contributed by atoms with van der Waals surface area (Å²) in [6, 6.07) is 7.74. The lowest BCUT2D eigenvalue weighted by atomic mass is 10.3. The Hall–Kier alpha value is -0.530. The van der Waals surface area contributed by atoms with Crippen LogP contribution in [0.4, 0.5) is 5.82 Å². The topological polar surface area (TPSA) is 51.8 Å². The quantitative estimate of drug-likeness (QED) is 0.613. The summed E-state index contributed by atoms with van der Waals surface area (Å²) in [4.78, 5) is 10.0. The Balaban J connectivity index is 2.11. The maximum atomic E-state index is 5.90. The van der Waals surface area contributed by atoms with E-state index in [1.165, 1.54) is 0 Å². The van der Waals surface area contributed by atoms with Crippen LogP contribution in [0.5, 0.6) is 0 Å². The lowest BCUT2D eigenvalue weighted by Gasteiger charge is -2.07. The third-order valence-corrected chi connectivity index (χ3v) is 4.94. The molecule has 3 nitrogen and oxygen atoms in total. The van der Waals surface area contributed by atoms with Gasteiger partial charge in [0.05, 0.1) is 15.0 Å². The van der Waals surface area contributed by atoms with Crippen molar-refractivity contribution in [2.75, 3.05) is 5.73 Å². The second-order valence-electron chi connectivity index (χ2n) is 3.88. The van der Waals surface area contributed by atoms with E-state index in [4.69, 9.17) is 17.3 Å². The number of hydrogen-bond donors (Lipinski definition) is 1. The van der Waals surface area contributed by atoms with E-state index >= 15 is 0 Å². The van der Waals surface area contributed by atoms with E-state index in [9.17, 15) is 0 Å². The highest BCUT2D eigenvalue weighted by Crippen LogP contribution is 2.24. The van der Waals surface area contributed by atoms with E-state index in [2.05, 4.69) is 39.5 Å². The molecule has 2 rings (SSSR count). The van der Waals surface area contributed by atoms with Crippen LogP contribution in [0.1, 0.15) is 18.4 Å². The van der Waals surface area contributed by atoms with Crippen molar-refractivity contribution >= 4 is 51.8 Å². The van der Waals surface area contributed by atoms with Gasteiger partial charge in [-0.1, -0.05) is 18.5 Å². The van der Waals surface area contributed by atoms with Gasteiger partial charge in [-0.05, 0) is 53.3 Å². The minimum atomic E-state index is 0.569. The van der Waals surface area contributed by atoms with Gasteiger partial charge in [-0.25, -0.2) is 9.97 Å². The van der Waals surface area contributed by atoms with Crippen LogP contribution in [0.3, 0.4) is 0 Å². The van der Waals surface area contributed by atoms with Gasteiger partial charge in [-0.15, -0.1) is 11.8 Å². The molecule has 2 N–H and O–H groups in total. The van der Waals surface area contributed by atoms with Crippen LogP contribution >= 0.6 is 46.0 Å². The molecule has 0 aliphatic heterocycles. The number of nitrogen functional groups attached to an aromatic ring is 1. The van der Waals surface area contributed by atoms with Crippen LogP contribution in [-0.2, 0) is 12.2 Å². The van der Waals surface area contributed by atoms with Crippen molar-refractivity contribution in [2.24, 2.45) is 0 Å². The fraction of sp³-hybridized carbons (Fsp3) is 0.231. The van der Waals surface area contributed by atoms with Gasteiger partial charge in [0, 0.05) is 9.92 Å². The van der Waals surface area contributed by atoms with E-state index in [-0.39, 0.29) is 0 Å². The fourth-order valence-corrected chi connectivity index (χ4v) is 3.05. The van der Waals surface area contributed by atoms with Gasteiger partial charge < -0.3 is 5.73 Å². The number of anilines is 1. The second-order valence-corrected chi connectivity index (χ2v) is 6.45. The molecule has 0 saturated carbocycles. The summed E-state index contributed by atoms with van der Waals surface area (Å²) < 4.78 is 0.959. The van der Waals surface area contributed by atoms with Gasteiger partial charge in [0.15, 0.2) is 0 Å². The van der Waals surface area contributed by atoms with E-state index in [0.717, 1.165) is 31.4 Å². The van der Waals surface area contributed by atoms with Gasteiger partial charge in [0.2, 0.25) is 0 Å². The normalized spacial score (nSPS) is 10.7. The molecule has 0 atom stereocenters. The summed E-state index contributed by atoms with van der Waals surface area (Å²) in [5, 5.41) is 0.743. The molecule has 6 heteroatoms. The predicted molar refractivity (Wildman–Crippen MR) is 89.6 cm³/mol. The van der Waals surface area contributed by atoms with E-state index in [0.29, 0.717) is 11.6 Å². The number of nitrogens with two attached hydrogens (primary N) is 1. The van der Waals surface area contributed by atoms with E-state index in [1.54, 1.807) is 11.8 Å². The Morgan fingerprint density at radius 2 is 1.95 bits per heavy atom. The van der Waals surface area contributed by atoms with E-state index < -0.39 is 0 Å². The number of hydrogen-bond acceptors (Lipinski definition) is 4. The van der Waals surface area contributed by atoms with Crippen molar-refractivity contribution in [3.8, 4) is 0 Å². The number of rotatable bonds is 4. The molecular weight excluding hydrogens is 393 g/mol. The lowest BCUT2D eigenvalue weighted by molar-refractivity contribution is 0.933. The van der Waals surface area contributed by atoms with Crippen LogP contribution in [0, 0.1) is 3.57 Å². The first-order chi connectivity index (χ1) is 9.10. The van der Waals surface area contributed by atoms with Crippen molar-refractivity contribution in [3.63, 3.8) is 0 Å². The first-order valence-corrected chi connectivity index (χ1v) is 8.23. The van der Waals surface area contributed by atoms with Crippen LogP contribution in [0.15, 0.2) is 29.2 Å². The summed E-state index contributed by atoms with van der Waals surface area (Å²) in [6.45, 7) is 2.07. The molecule has 19 heavy (non-hydrogen) atoms. The van der Waals surface area contributed by atoms with Crippen LogP contribution in [-0.4, -0.2) is 9.97 Å². The minimum absolute atomic E-state index is 0.569. The van der Waals surface area contributed by atoms with E-state index in [1.807, 2.05) is 24.3 Å². The molecule has 100 valence electrons. The maximum absolute atomic E-state index is 5.90. The Kier molecular flexibility index (Phi) is 5.29. The van der Waals surface area contributed by atoms with Gasteiger partial charge >= 0.3 is 0 Å². The molecule has 0 spiro atoms. The molecule has 0 aliphatic carbocycles. The van der Waals surface area contributed by atoms with Crippen LogP contribution in [0.2, 0.25) is 5.02 Å². The summed E-state index contributed by atoms with van der Waals surface area (Å²) in [6.07, 6.45) is 0.865. The largest absolute Gasteiger partial charge is 0.383 e. The zero-order valence-electron chi connectivity index (χ0n) is 10.4. The van der Waals surface area contributed by atoms with Crippen LogP contribution < -0.4 is 5.73 Å². The van der Waals surface area contributed by atoms with Crippen LogP contribution in [0.25, 0.3) is 0 Å². The third kappa shape index (κ3) is 3.97. The average molecular weight is 406 g/mol. The van der Waals surface area contributed by atoms with Crippen molar-refractivity contribution in [1.82, 2.24) is 9.97 Å². The van der Waals surface area contributed by atoms with Crippen molar-refractivity contribution in [1.29, 1.82) is 0 Å². The number of nitrogens with zero attached hydrogens (tertiary/aromatic N) is 2. The standard InChI is InChI=1S/C13H13ClIN3S/c1-2-10-12(15)13(16)18-11(17-10)7-19-9-5-3-8(14)4-6-9/h3-6H,2,7H2,1H3,(H2,16,17,18). The molecule has 0 bridgehead atoms. The zero-order valence-corrected chi connectivity index (χ0v) is 14.1. The number of benzene rings is 1. The van der Waals surface area contributed by atoms with Crippen molar-refractivity contribution in [2.45, 2.75) is 24.0 Å². The smallest absolute Gasteiger partial charge is 0.141 e. The molecule has 2 aromatic rings. The SMILES string of the molecule is CCc1nc(CSc2ccc(Cl)cc2)nc(N)c1I. The Morgan fingerprint density at radius 1 is 1.26 bits per heavy atom. The van der Waals surface area contributed by atoms with Gasteiger partial charge in [-0.2, -0.15) is 0 Å². The zero-order chi connectivity index (χ0) is 13.8. The van der Waals surface area contributed by atoms with Gasteiger partial charge in [-0.3, -0.25) is 0 Å². The Labute approximate surface area is 135 Å². The Bertz CT molecular complexity index is 575. The molecule has 1 heterocycles. The highest BCUT2D eigenvalue weighted by Gasteiger charge is 2.08. The first-order valence-electron chi connectivity index (χ1n) is 5.79. The molecule has 0 saturated heterocycles. The maximum Gasteiger partial charge on any atom is 0.141 e. The molecule has 1 aromatic carbocycles. The van der Waals surface area contributed by atoms with Crippen molar-refractivity contribution < 1.29 is 0 Å². The molecule has 0 fully saturated rings.